The zero-order valence-electron chi connectivity index (χ0n) is 70.8. The van der Waals surface area contributed by atoms with Gasteiger partial charge in [-0.3, -0.25) is 9.55 Å². The van der Waals surface area contributed by atoms with Gasteiger partial charge in [0, 0.05) is 65.6 Å². The molecule has 4 heteroatoms. The van der Waals surface area contributed by atoms with Crippen molar-refractivity contribution in [2.45, 2.75) is 124 Å². The zero-order chi connectivity index (χ0) is 76.1. The van der Waals surface area contributed by atoms with Crippen LogP contribution in [-0.2, 0) is 28.1 Å². The molecule has 0 saturated heterocycles. The highest BCUT2D eigenvalue weighted by Gasteiger charge is 2.29. The first-order chi connectivity index (χ1) is 45.1. The van der Waals surface area contributed by atoms with E-state index in [2.05, 4.69) is 4.98 Å². The van der Waals surface area contributed by atoms with Gasteiger partial charge in [-0.05, 0) is 133 Å². The molecule has 1 N–H and O–H groups in total. The molecule has 0 spiro atoms. The number of rotatable bonds is 8. The molecule has 66 heavy (non-hydrogen) atoms. The SMILES string of the molecule is [2H]c1nc(-c2cc(-c3cccc4c3nc(-c3cc(C(C([2H])([2H])[2H])(C([2H])([2H])[2H])C([2H])([2H])[2H])cc(C(C([2H])([2H])[2H])(C([2H])([2H])[2H])C([2H])([2H])[2H])c3O)n4-c3ccc(-c4ccccc4)c(CC(C)C)c3)cc(C(C)(C)C)c2)c([2H])c(-c2c([2H])c([2H])c(C(C([2H])([2H])[2H])(C([2H])([2H])[2H])C([2H])([2H])[2H])c([2H])c2[2H])c1[2H]. The second-order valence-electron chi connectivity index (χ2n) is 17.9. The van der Waals surface area contributed by atoms with E-state index in [1.54, 1.807) is 63.2 Å². The summed E-state index contributed by atoms with van der Waals surface area (Å²) < 4.78 is 299. The number of hydrogen-bond acceptors (Lipinski definition) is 3. The molecule has 0 saturated carbocycles. The Bertz CT molecular complexity index is 4350. The molecule has 8 rings (SSSR count). The second-order valence-corrected chi connectivity index (χ2v) is 17.9. The number of fused-ring (bicyclic) bond motifs is 1. The Labute approximate surface area is 442 Å². The molecule has 0 unspecified atom stereocenters. The van der Waals surface area contributed by atoms with Crippen LogP contribution in [0.1, 0.15) is 171 Å². The number of benzene rings is 6. The predicted molar refractivity (Wildman–Crippen MR) is 281 cm³/mol. The summed E-state index contributed by atoms with van der Waals surface area (Å²) in [5.41, 5.74) is -18.3. The van der Waals surface area contributed by atoms with Crippen LogP contribution in [0.3, 0.4) is 0 Å². The Morgan fingerprint density at radius 3 is 1.95 bits per heavy atom. The topological polar surface area (TPSA) is 50.9 Å². The van der Waals surface area contributed by atoms with Crippen LogP contribution >= 0.6 is 0 Å². The van der Waals surface area contributed by atoms with Gasteiger partial charge in [0.1, 0.15) is 11.6 Å². The number of nitrogens with zero attached hydrogens (tertiary/aromatic N) is 3. The average molecular weight is 906 g/mol. The third kappa shape index (κ3) is 9.38. The number of hydrogen-bond donors (Lipinski definition) is 1. The molecule has 6 aromatic carbocycles. The molecular formula is C62H69N3O. The van der Waals surface area contributed by atoms with Crippen LogP contribution in [0.4, 0.5) is 0 Å². The monoisotopic (exact) mass is 906 g/mol. The number of phenols is 1. The average Bonchev–Trinajstić information content (AvgIpc) is 0.702. The standard InChI is InChI=1S/C62H69N3O/c1-39(2)31-43-35-49(27-28-50(43)41-19-16-15-17-20-41)65-55-22-18-21-51(56(55)64-58(65)52-37-48(61(9,10)11)38-53(57(52)66)62(12,13)14)44-32-45(34-47(33-44)60(6,7)8)54-36-42(29-30-63-54)40-23-25-46(26-24-40)59(3,4)5/h15-30,32-39,66H,31H2,1-14H3/i3D3,4D3,5D3,9D3,10D3,11D3,12D3,13D3,14D3,23D,24D,25D,26D,29D,30D,36D. The molecule has 0 fully saturated rings. The van der Waals surface area contributed by atoms with Gasteiger partial charge in [-0.15, -0.1) is 0 Å². The number of phenolic OH excluding ortho intramolecular Hbond substituents is 1. The number of para-hydroxylation sites is 1. The van der Waals surface area contributed by atoms with E-state index in [9.17, 15) is 9.22 Å². The van der Waals surface area contributed by atoms with E-state index in [0.717, 1.165) is 5.56 Å². The Kier molecular flexibility index (Phi) is 5.29. The lowest BCUT2D eigenvalue weighted by Crippen LogP contribution is -2.17. The summed E-state index contributed by atoms with van der Waals surface area (Å²) in [6.45, 7) is -28.3. The quantitative estimate of drug-likeness (QED) is 0.165. The van der Waals surface area contributed by atoms with Gasteiger partial charge in [-0.25, -0.2) is 4.98 Å². The van der Waals surface area contributed by atoms with Crippen molar-refractivity contribution in [1.82, 2.24) is 14.5 Å². The van der Waals surface area contributed by atoms with Crippen molar-refractivity contribution in [3.63, 3.8) is 0 Å². The van der Waals surface area contributed by atoms with Crippen molar-refractivity contribution >= 4 is 11.0 Å². The smallest absolute Gasteiger partial charge is 0.149 e. The van der Waals surface area contributed by atoms with Crippen molar-refractivity contribution in [2.75, 3.05) is 0 Å². The molecule has 2 heterocycles. The van der Waals surface area contributed by atoms with E-state index in [0.29, 0.717) is 29.2 Å². The third-order valence-corrected chi connectivity index (χ3v) is 11.2. The molecule has 338 valence electrons. The highest BCUT2D eigenvalue weighted by Crippen LogP contribution is 2.45. The molecule has 0 aliphatic rings. The lowest BCUT2D eigenvalue weighted by Gasteiger charge is -2.27. The number of pyridine rings is 1. The molecule has 0 bridgehead atoms. The fourth-order valence-electron chi connectivity index (χ4n) is 7.87. The molecule has 0 amide bonds. The summed E-state index contributed by atoms with van der Waals surface area (Å²) >= 11 is 0. The van der Waals surface area contributed by atoms with E-state index in [4.69, 9.17) is 47.5 Å². The van der Waals surface area contributed by atoms with Crippen LogP contribution in [-0.4, -0.2) is 19.6 Å². The van der Waals surface area contributed by atoms with Crippen molar-refractivity contribution in [1.29, 1.82) is 0 Å². The van der Waals surface area contributed by atoms with E-state index in [1.807, 2.05) is 26.0 Å². The Morgan fingerprint density at radius 2 is 1.27 bits per heavy atom. The van der Waals surface area contributed by atoms with Crippen LogP contribution in [0.15, 0.2) is 139 Å². The maximum absolute atomic E-state index is 13.1. The molecular weight excluding hydrogens is 803 g/mol. The second kappa shape index (κ2) is 17.2. The van der Waals surface area contributed by atoms with Crippen LogP contribution < -0.4 is 0 Å². The van der Waals surface area contributed by atoms with Crippen LogP contribution in [0, 0.1) is 5.92 Å². The van der Waals surface area contributed by atoms with Crippen molar-refractivity contribution < 1.29 is 51.7 Å². The summed E-state index contributed by atoms with van der Waals surface area (Å²) in [7, 11) is 0. The lowest BCUT2D eigenvalue weighted by molar-refractivity contribution is 0.446. The third-order valence-electron chi connectivity index (χ3n) is 11.2. The van der Waals surface area contributed by atoms with Gasteiger partial charge < -0.3 is 5.11 Å². The fraction of sp³-hybridized carbons (Fsp3) is 0.323. The highest BCUT2D eigenvalue weighted by molar-refractivity contribution is 5.97. The first-order valence-corrected chi connectivity index (χ1v) is 21.0. The zero-order valence-corrected chi connectivity index (χ0v) is 36.8. The summed E-state index contributed by atoms with van der Waals surface area (Å²) in [6, 6.07) is 16.7. The normalized spacial score (nSPS) is 21.9. The molecule has 0 aliphatic carbocycles. The minimum Gasteiger partial charge on any atom is -0.507 e. The fourth-order valence-corrected chi connectivity index (χ4v) is 7.87. The predicted octanol–water partition coefficient (Wildman–Crippen LogP) is 16.8. The van der Waals surface area contributed by atoms with E-state index in [1.165, 1.54) is 34.9 Å². The maximum atomic E-state index is 13.1. The van der Waals surface area contributed by atoms with Gasteiger partial charge in [-0.2, -0.15) is 0 Å². The number of imidazole rings is 1. The molecule has 8 aromatic rings. The summed E-state index contributed by atoms with van der Waals surface area (Å²) in [5, 5.41) is 13.1. The largest absolute Gasteiger partial charge is 0.507 e. The highest BCUT2D eigenvalue weighted by atomic mass is 16.3. The summed E-state index contributed by atoms with van der Waals surface area (Å²) in [4.78, 5) is 9.35. The Hall–Kier alpha value is -6.26. The minimum atomic E-state index is -4.28. The van der Waals surface area contributed by atoms with Gasteiger partial charge in [-0.1, -0.05) is 181 Å². The lowest BCUT2D eigenvalue weighted by atomic mass is 9.79. The van der Waals surface area contributed by atoms with Crippen molar-refractivity contribution in [3.05, 3.63) is 167 Å². The number of aromatic hydroxyl groups is 1. The van der Waals surface area contributed by atoms with Crippen LogP contribution in [0.5, 0.6) is 5.75 Å². The van der Waals surface area contributed by atoms with Crippen LogP contribution in [0.2, 0.25) is 0 Å². The van der Waals surface area contributed by atoms with Crippen LogP contribution in [0.25, 0.3) is 72.7 Å². The minimum absolute atomic E-state index is 0.0341. The summed E-state index contributed by atoms with van der Waals surface area (Å²) in [5.74, 6) is -2.19. The Morgan fingerprint density at radius 1 is 0.591 bits per heavy atom. The Balaban J connectivity index is 1.59. The first-order valence-electron chi connectivity index (χ1n) is 38.0. The first kappa shape index (κ1) is 20.3. The molecule has 0 aliphatic heterocycles. The van der Waals surface area contributed by atoms with E-state index >= 15 is 0 Å². The van der Waals surface area contributed by atoms with E-state index < -0.39 is 176 Å². The molecule has 4 nitrogen and oxygen atoms in total. The number of aromatic nitrogens is 3. The van der Waals surface area contributed by atoms with Gasteiger partial charge in [0.05, 0.1) is 31.9 Å². The van der Waals surface area contributed by atoms with Gasteiger partial charge >= 0.3 is 0 Å². The summed E-state index contributed by atoms with van der Waals surface area (Å²) in [6.07, 6.45) is -0.566. The van der Waals surface area contributed by atoms with Gasteiger partial charge in [0.25, 0.3) is 0 Å². The van der Waals surface area contributed by atoms with Gasteiger partial charge in [0.2, 0.25) is 0 Å². The molecule has 0 radical (unpaired) electrons. The molecule has 0 atom stereocenters. The van der Waals surface area contributed by atoms with Crippen molar-refractivity contribution in [3.8, 4) is 67.5 Å². The van der Waals surface area contributed by atoms with E-state index in [-0.39, 0.29) is 45.4 Å². The van der Waals surface area contributed by atoms with Gasteiger partial charge in [0.15, 0.2) is 0 Å². The van der Waals surface area contributed by atoms with Crippen molar-refractivity contribution in [2.24, 2.45) is 5.92 Å². The maximum Gasteiger partial charge on any atom is 0.149 e. The molecule has 2 aromatic heterocycles.